The van der Waals surface area contributed by atoms with Crippen LogP contribution in [0.2, 0.25) is 0 Å². The predicted molar refractivity (Wildman–Crippen MR) is 43.5 cm³/mol. The Labute approximate surface area is 78.5 Å². The Morgan fingerprint density at radius 2 is 2.07 bits per heavy atom. The predicted octanol–water partition coefficient (Wildman–Crippen LogP) is 1.76. The Bertz CT molecular complexity index is 338. The van der Waals surface area contributed by atoms with E-state index in [1.165, 1.54) is 0 Å². The second kappa shape index (κ2) is 2.98. The minimum Gasteiger partial charge on any atom is -0.344 e. The zero-order valence-electron chi connectivity index (χ0n) is 7.36. The highest BCUT2D eigenvalue weighted by molar-refractivity contribution is 5.21. The van der Waals surface area contributed by atoms with Gasteiger partial charge in [0.2, 0.25) is 0 Å². The van der Waals surface area contributed by atoms with Crippen molar-refractivity contribution >= 4 is 0 Å². The number of aromatic amines is 1. The smallest absolute Gasteiger partial charge is 0.344 e. The third kappa shape index (κ3) is 1.61. The van der Waals surface area contributed by atoms with Crippen molar-refractivity contribution in [2.24, 2.45) is 5.73 Å². The van der Waals surface area contributed by atoms with Gasteiger partial charge in [0.25, 0.3) is 0 Å². The number of halogens is 3. The molecule has 2 rings (SSSR count). The molecule has 1 fully saturated rings. The van der Waals surface area contributed by atoms with Gasteiger partial charge in [-0.15, -0.1) is 0 Å². The molecule has 6 heteroatoms. The van der Waals surface area contributed by atoms with Crippen LogP contribution in [0.15, 0.2) is 0 Å². The molecule has 0 aromatic carbocycles. The molecular formula is C8H10F3N3. The minimum absolute atomic E-state index is 0.0144. The molecule has 3 nitrogen and oxygen atoms in total. The SMILES string of the molecule is NCc1[nH]c(C2CC2)nc1C(F)(F)F. The summed E-state index contributed by atoms with van der Waals surface area (Å²) < 4.78 is 37.2. The molecule has 0 amide bonds. The summed E-state index contributed by atoms with van der Waals surface area (Å²) in [6.45, 7) is -0.158. The van der Waals surface area contributed by atoms with Crippen molar-refractivity contribution in [1.29, 1.82) is 0 Å². The number of alkyl halides is 3. The molecule has 1 aliphatic rings. The lowest BCUT2D eigenvalue weighted by molar-refractivity contribution is -0.141. The van der Waals surface area contributed by atoms with E-state index in [1.54, 1.807) is 0 Å². The van der Waals surface area contributed by atoms with Crippen molar-refractivity contribution in [2.45, 2.75) is 31.5 Å². The van der Waals surface area contributed by atoms with Crippen LogP contribution < -0.4 is 5.73 Å². The first kappa shape index (κ1) is 9.51. The summed E-state index contributed by atoms with van der Waals surface area (Å²) in [4.78, 5) is 6.20. The van der Waals surface area contributed by atoms with Crippen molar-refractivity contribution in [3.8, 4) is 0 Å². The molecule has 1 aliphatic carbocycles. The number of nitrogens with zero attached hydrogens (tertiary/aromatic N) is 1. The lowest BCUT2D eigenvalue weighted by atomic mass is 10.3. The number of nitrogens with one attached hydrogen (secondary N) is 1. The number of aromatic nitrogens is 2. The fourth-order valence-corrected chi connectivity index (χ4v) is 1.36. The lowest BCUT2D eigenvalue weighted by Gasteiger charge is -2.03. The van der Waals surface area contributed by atoms with Crippen LogP contribution in [0.1, 0.15) is 36.0 Å². The average Bonchev–Trinajstić information content (AvgIpc) is 2.83. The molecule has 1 aromatic heterocycles. The van der Waals surface area contributed by atoms with Crippen molar-refractivity contribution in [1.82, 2.24) is 9.97 Å². The first-order chi connectivity index (χ1) is 6.52. The highest BCUT2D eigenvalue weighted by Gasteiger charge is 2.39. The highest BCUT2D eigenvalue weighted by atomic mass is 19.4. The Morgan fingerprint density at radius 1 is 1.43 bits per heavy atom. The number of hydrogen-bond donors (Lipinski definition) is 2. The molecule has 0 atom stereocenters. The molecule has 3 N–H and O–H groups in total. The number of imidazole rings is 1. The molecule has 1 aromatic rings. The Kier molecular flexibility index (Phi) is 2.02. The monoisotopic (exact) mass is 205 g/mol. The molecular weight excluding hydrogens is 195 g/mol. The number of nitrogens with two attached hydrogens (primary N) is 1. The largest absolute Gasteiger partial charge is 0.435 e. The molecule has 1 heterocycles. The van der Waals surface area contributed by atoms with E-state index in [-0.39, 0.29) is 18.2 Å². The van der Waals surface area contributed by atoms with Crippen molar-refractivity contribution in [3.05, 3.63) is 17.2 Å². The summed E-state index contributed by atoms with van der Waals surface area (Å²) >= 11 is 0. The molecule has 78 valence electrons. The van der Waals surface area contributed by atoms with Crippen LogP contribution in [-0.4, -0.2) is 9.97 Å². The maximum Gasteiger partial charge on any atom is 0.435 e. The molecule has 14 heavy (non-hydrogen) atoms. The maximum absolute atomic E-state index is 12.4. The van der Waals surface area contributed by atoms with Gasteiger partial charge in [0.15, 0.2) is 5.69 Å². The van der Waals surface area contributed by atoms with Gasteiger partial charge in [0, 0.05) is 12.5 Å². The van der Waals surface area contributed by atoms with Gasteiger partial charge in [0.05, 0.1) is 5.69 Å². The first-order valence-electron chi connectivity index (χ1n) is 4.38. The Balaban J connectivity index is 2.37. The number of H-pyrrole nitrogens is 1. The van der Waals surface area contributed by atoms with E-state index in [4.69, 9.17) is 5.73 Å². The Hall–Kier alpha value is -1.04. The van der Waals surface area contributed by atoms with Crippen LogP contribution in [0.25, 0.3) is 0 Å². The van der Waals surface area contributed by atoms with Gasteiger partial charge in [-0.05, 0) is 12.8 Å². The van der Waals surface area contributed by atoms with Crippen LogP contribution in [0.3, 0.4) is 0 Å². The standard InChI is InChI=1S/C8H10F3N3/c9-8(10,11)6-5(3-12)13-7(14-6)4-1-2-4/h4H,1-3,12H2,(H,13,14). The third-order valence-electron chi connectivity index (χ3n) is 2.23. The van der Waals surface area contributed by atoms with E-state index in [2.05, 4.69) is 9.97 Å². The molecule has 0 spiro atoms. The average molecular weight is 205 g/mol. The van der Waals surface area contributed by atoms with Crippen molar-refractivity contribution < 1.29 is 13.2 Å². The summed E-state index contributed by atoms with van der Waals surface area (Å²) in [6.07, 6.45) is -2.58. The zero-order valence-corrected chi connectivity index (χ0v) is 7.36. The summed E-state index contributed by atoms with van der Waals surface area (Å²) in [6, 6.07) is 0. The topological polar surface area (TPSA) is 54.7 Å². The molecule has 0 radical (unpaired) electrons. The maximum atomic E-state index is 12.4. The second-order valence-corrected chi connectivity index (χ2v) is 3.43. The van der Waals surface area contributed by atoms with Gasteiger partial charge in [-0.3, -0.25) is 0 Å². The molecule has 0 saturated heterocycles. The van der Waals surface area contributed by atoms with Gasteiger partial charge in [0.1, 0.15) is 5.82 Å². The van der Waals surface area contributed by atoms with E-state index in [0.717, 1.165) is 12.8 Å². The van der Waals surface area contributed by atoms with E-state index in [1.807, 2.05) is 0 Å². The van der Waals surface area contributed by atoms with Crippen LogP contribution in [-0.2, 0) is 12.7 Å². The van der Waals surface area contributed by atoms with Crippen LogP contribution in [0.5, 0.6) is 0 Å². The molecule has 0 bridgehead atoms. The van der Waals surface area contributed by atoms with Crippen molar-refractivity contribution in [3.63, 3.8) is 0 Å². The van der Waals surface area contributed by atoms with E-state index >= 15 is 0 Å². The summed E-state index contributed by atoms with van der Waals surface area (Å²) in [7, 11) is 0. The number of rotatable bonds is 2. The molecule has 1 saturated carbocycles. The van der Waals surface area contributed by atoms with Crippen LogP contribution in [0.4, 0.5) is 13.2 Å². The zero-order chi connectivity index (χ0) is 10.3. The van der Waals surface area contributed by atoms with E-state index < -0.39 is 11.9 Å². The second-order valence-electron chi connectivity index (χ2n) is 3.43. The van der Waals surface area contributed by atoms with Crippen LogP contribution >= 0.6 is 0 Å². The number of hydrogen-bond acceptors (Lipinski definition) is 2. The van der Waals surface area contributed by atoms with E-state index in [0.29, 0.717) is 5.82 Å². The van der Waals surface area contributed by atoms with Gasteiger partial charge in [-0.2, -0.15) is 13.2 Å². The fourth-order valence-electron chi connectivity index (χ4n) is 1.36. The van der Waals surface area contributed by atoms with Gasteiger partial charge < -0.3 is 10.7 Å². The summed E-state index contributed by atoms with van der Waals surface area (Å²) in [5.74, 6) is 0.606. The van der Waals surface area contributed by atoms with E-state index in [9.17, 15) is 13.2 Å². The van der Waals surface area contributed by atoms with Gasteiger partial charge >= 0.3 is 6.18 Å². The van der Waals surface area contributed by atoms with Gasteiger partial charge in [-0.1, -0.05) is 0 Å². The Morgan fingerprint density at radius 3 is 2.43 bits per heavy atom. The fraction of sp³-hybridized carbons (Fsp3) is 0.625. The lowest BCUT2D eigenvalue weighted by Crippen LogP contribution is -2.11. The first-order valence-corrected chi connectivity index (χ1v) is 4.38. The highest BCUT2D eigenvalue weighted by Crippen LogP contribution is 2.40. The minimum atomic E-state index is -4.40. The third-order valence-corrected chi connectivity index (χ3v) is 2.23. The molecule has 0 aliphatic heterocycles. The quantitative estimate of drug-likeness (QED) is 0.773. The normalized spacial score (nSPS) is 17.4. The van der Waals surface area contributed by atoms with Crippen LogP contribution in [0, 0.1) is 0 Å². The van der Waals surface area contributed by atoms with Gasteiger partial charge in [-0.25, -0.2) is 4.98 Å². The van der Waals surface area contributed by atoms with Crippen molar-refractivity contribution in [2.75, 3.05) is 0 Å². The summed E-state index contributed by atoms with van der Waals surface area (Å²) in [5.41, 5.74) is 4.34. The molecule has 0 unspecified atom stereocenters. The summed E-state index contributed by atoms with van der Waals surface area (Å²) in [5, 5.41) is 0.